The molecular weight excluding hydrogens is 228 g/mol. The van der Waals surface area contributed by atoms with Crippen LogP contribution in [0.5, 0.6) is 0 Å². The van der Waals surface area contributed by atoms with Crippen LogP contribution in [0.3, 0.4) is 0 Å². The monoisotopic (exact) mass is 236 g/mol. The van der Waals surface area contributed by atoms with Crippen molar-refractivity contribution in [3.63, 3.8) is 0 Å². The predicted molar refractivity (Wildman–Crippen MR) is 37.9 cm³/mol. The molecule has 0 saturated carbocycles. The Morgan fingerprint density at radius 1 is 1.22 bits per heavy atom. The summed E-state index contributed by atoms with van der Waals surface area (Å²) in [6, 6.07) is 9.27. The Balaban J connectivity index is 2.98. The van der Waals surface area contributed by atoms with E-state index in [2.05, 4.69) is 0 Å². The third-order valence-electron chi connectivity index (χ3n) is 1.02. The van der Waals surface area contributed by atoms with Crippen molar-refractivity contribution in [1.29, 1.82) is 0 Å². The second kappa shape index (κ2) is 3.00. The van der Waals surface area contributed by atoms with Gasteiger partial charge in [-0.05, 0) is 0 Å². The first kappa shape index (κ1) is 6.79. The Kier molecular flexibility index (Phi) is 2.27. The van der Waals surface area contributed by atoms with Gasteiger partial charge in [-0.15, -0.1) is 0 Å². The van der Waals surface area contributed by atoms with Gasteiger partial charge in [0, 0.05) is 0 Å². The number of carbonyl (C=O) groups excluding carboxylic acids is 1. The fourth-order valence-electron chi connectivity index (χ4n) is 0.581. The molecule has 0 aromatic heterocycles. The molecule has 46 valence electrons. The van der Waals surface area contributed by atoms with Crippen LogP contribution in [0.1, 0.15) is 10.4 Å². The van der Waals surface area contributed by atoms with Gasteiger partial charge in [0.25, 0.3) is 0 Å². The van der Waals surface area contributed by atoms with Gasteiger partial charge in [0.05, 0.1) is 0 Å². The zero-order valence-electron chi connectivity index (χ0n) is 4.74. The fourth-order valence-corrected chi connectivity index (χ4v) is 1.01. The van der Waals surface area contributed by atoms with E-state index in [0.29, 0.717) is 0 Å². The van der Waals surface area contributed by atoms with Crippen molar-refractivity contribution in [2.24, 2.45) is 0 Å². The van der Waals surface area contributed by atoms with Gasteiger partial charge in [0.15, 0.2) is 0 Å². The standard InChI is InChI=1S/C7H6OTe/c8-7(9)6-4-2-1-3-5-6/h1-5H,(H,8,9). The number of rotatable bonds is 1. The number of benzene rings is 1. The van der Waals surface area contributed by atoms with E-state index in [9.17, 15) is 4.79 Å². The Labute approximate surface area is 67.0 Å². The quantitative estimate of drug-likeness (QED) is 0.654. The first-order chi connectivity index (χ1) is 4.30. The minimum atomic E-state index is 0.171. The summed E-state index contributed by atoms with van der Waals surface area (Å²) in [5.74, 6) is 0. The van der Waals surface area contributed by atoms with Gasteiger partial charge >= 0.3 is 66.8 Å². The number of hydrogen-bond acceptors (Lipinski definition) is 1. The molecule has 1 aromatic carbocycles. The van der Waals surface area contributed by atoms with Gasteiger partial charge in [-0.25, -0.2) is 0 Å². The van der Waals surface area contributed by atoms with Crippen molar-refractivity contribution in [1.82, 2.24) is 0 Å². The van der Waals surface area contributed by atoms with Gasteiger partial charge in [0.1, 0.15) is 0 Å². The van der Waals surface area contributed by atoms with Gasteiger partial charge in [-0.2, -0.15) is 0 Å². The Hall–Kier alpha value is -0.320. The van der Waals surface area contributed by atoms with Crippen LogP contribution in [0, 0.1) is 0 Å². The molecule has 0 saturated heterocycles. The molecule has 0 amide bonds. The van der Waals surface area contributed by atoms with Gasteiger partial charge < -0.3 is 0 Å². The van der Waals surface area contributed by atoms with Crippen molar-refractivity contribution in [3.05, 3.63) is 35.9 Å². The topological polar surface area (TPSA) is 17.1 Å². The van der Waals surface area contributed by atoms with Crippen molar-refractivity contribution < 1.29 is 4.79 Å². The van der Waals surface area contributed by atoms with E-state index in [0.717, 1.165) is 5.56 Å². The number of carbonyl (C=O) groups is 1. The van der Waals surface area contributed by atoms with Gasteiger partial charge in [0.2, 0.25) is 0 Å². The van der Waals surface area contributed by atoms with E-state index < -0.39 is 0 Å². The molecule has 0 aliphatic heterocycles. The molecule has 0 heterocycles. The van der Waals surface area contributed by atoms with Gasteiger partial charge in [-0.3, -0.25) is 0 Å². The molecule has 0 N–H and O–H groups in total. The predicted octanol–water partition coefficient (Wildman–Crippen LogP) is 0.728. The average Bonchev–Trinajstić information content (AvgIpc) is 1.90. The molecule has 1 aromatic rings. The van der Waals surface area contributed by atoms with Crippen LogP contribution in [0.15, 0.2) is 30.3 Å². The van der Waals surface area contributed by atoms with E-state index in [1.165, 1.54) is 22.3 Å². The van der Waals surface area contributed by atoms with Crippen LogP contribution in [0.4, 0.5) is 0 Å². The Morgan fingerprint density at radius 3 is 2.11 bits per heavy atom. The molecule has 0 aliphatic carbocycles. The molecular formula is C7H6OTe. The molecule has 0 fully saturated rings. The SMILES string of the molecule is O=C([TeH])c1ccccc1. The van der Waals surface area contributed by atoms with E-state index in [-0.39, 0.29) is 3.83 Å². The van der Waals surface area contributed by atoms with Crippen molar-refractivity contribution in [2.75, 3.05) is 0 Å². The Bertz CT molecular complexity index is 205. The summed E-state index contributed by atoms with van der Waals surface area (Å²) in [4.78, 5) is 10.7. The zero-order valence-corrected chi connectivity index (χ0v) is 7.29. The van der Waals surface area contributed by atoms with Crippen LogP contribution in [0.25, 0.3) is 0 Å². The third-order valence-corrected chi connectivity index (χ3v) is 1.76. The third kappa shape index (κ3) is 1.82. The van der Waals surface area contributed by atoms with Crippen molar-refractivity contribution in [2.45, 2.75) is 0 Å². The van der Waals surface area contributed by atoms with Gasteiger partial charge in [-0.1, -0.05) is 0 Å². The summed E-state index contributed by atoms with van der Waals surface area (Å²) in [5.41, 5.74) is 0.798. The first-order valence-electron chi connectivity index (χ1n) is 2.59. The summed E-state index contributed by atoms with van der Waals surface area (Å²) in [6.07, 6.45) is 0. The molecule has 0 unspecified atom stereocenters. The van der Waals surface area contributed by atoms with Crippen LogP contribution in [-0.2, 0) is 0 Å². The molecule has 0 radical (unpaired) electrons. The second-order valence-corrected chi connectivity index (χ2v) is 2.83. The maximum atomic E-state index is 10.7. The van der Waals surface area contributed by atoms with Crippen LogP contribution in [0.2, 0.25) is 0 Å². The Morgan fingerprint density at radius 2 is 1.78 bits per heavy atom. The summed E-state index contributed by atoms with van der Waals surface area (Å²) in [6.45, 7) is 0. The molecule has 1 nitrogen and oxygen atoms in total. The summed E-state index contributed by atoms with van der Waals surface area (Å²) < 4.78 is 0.171. The molecule has 0 aliphatic rings. The van der Waals surface area contributed by atoms with E-state index in [4.69, 9.17) is 0 Å². The fraction of sp³-hybridized carbons (Fsp3) is 0. The van der Waals surface area contributed by atoms with Crippen molar-refractivity contribution >= 4 is 26.1 Å². The summed E-state index contributed by atoms with van der Waals surface area (Å²) in [5, 5.41) is 0. The van der Waals surface area contributed by atoms with E-state index in [1.54, 1.807) is 0 Å². The van der Waals surface area contributed by atoms with Crippen LogP contribution >= 0.6 is 0 Å². The molecule has 0 spiro atoms. The van der Waals surface area contributed by atoms with Crippen LogP contribution < -0.4 is 0 Å². The molecule has 1 rings (SSSR count). The average molecular weight is 234 g/mol. The normalized spacial score (nSPS) is 9.00. The van der Waals surface area contributed by atoms with Crippen LogP contribution in [-0.4, -0.2) is 26.1 Å². The molecule has 2 heteroatoms. The molecule has 0 atom stereocenters. The first-order valence-corrected chi connectivity index (χ1v) is 3.86. The summed E-state index contributed by atoms with van der Waals surface area (Å²) >= 11 is 1.22. The van der Waals surface area contributed by atoms with E-state index >= 15 is 0 Å². The summed E-state index contributed by atoms with van der Waals surface area (Å²) in [7, 11) is 0. The molecule has 0 bridgehead atoms. The molecule has 9 heavy (non-hydrogen) atoms. The number of hydrogen-bond donors (Lipinski definition) is 0. The minimum absolute atomic E-state index is 0.171. The zero-order chi connectivity index (χ0) is 6.69. The van der Waals surface area contributed by atoms with Crippen molar-refractivity contribution in [3.8, 4) is 0 Å². The maximum absolute atomic E-state index is 10.7. The second-order valence-electron chi connectivity index (χ2n) is 1.67. The van der Waals surface area contributed by atoms with E-state index in [1.807, 2.05) is 30.3 Å².